The van der Waals surface area contributed by atoms with Gasteiger partial charge >= 0.3 is 0 Å². The topological polar surface area (TPSA) is 27.1 Å². The highest BCUT2D eigenvalue weighted by Crippen LogP contribution is 2.31. The third-order valence-electron chi connectivity index (χ3n) is 3.39. The van der Waals surface area contributed by atoms with Crippen LogP contribution in [-0.4, -0.2) is 16.7 Å². The van der Waals surface area contributed by atoms with Crippen molar-refractivity contribution in [2.24, 2.45) is 0 Å². The lowest BCUT2D eigenvalue weighted by Gasteiger charge is -2.06. The van der Waals surface area contributed by atoms with Gasteiger partial charge in [0.05, 0.1) is 18.2 Å². The Balaban J connectivity index is 2.34. The van der Waals surface area contributed by atoms with Gasteiger partial charge in [-0.15, -0.1) is 0 Å². The van der Waals surface area contributed by atoms with E-state index in [1.54, 1.807) is 19.2 Å². The van der Waals surface area contributed by atoms with Crippen molar-refractivity contribution in [2.75, 3.05) is 7.11 Å². The van der Waals surface area contributed by atoms with E-state index in [1.165, 1.54) is 6.07 Å². The van der Waals surface area contributed by atoms with Crippen LogP contribution in [0.3, 0.4) is 0 Å². The number of hydrogen-bond acceptors (Lipinski definition) is 2. The molecule has 3 aromatic rings. The normalized spacial score (nSPS) is 10.9. The molecule has 0 saturated carbocycles. The van der Waals surface area contributed by atoms with Crippen LogP contribution in [0.5, 0.6) is 5.75 Å². The Morgan fingerprint density at radius 1 is 1.15 bits per heavy atom. The number of halogens is 1. The molecule has 0 aliphatic heterocycles. The van der Waals surface area contributed by atoms with Crippen molar-refractivity contribution < 1.29 is 9.13 Å². The lowest BCUT2D eigenvalue weighted by Crippen LogP contribution is -1.98. The molecule has 0 radical (unpaired) electrons. The Hall–Kier alpha value is -2.36. The molecule has 0 spiro atoms. The Bertz CT molecular complexity index is 764. The molecule has 0 bridgehead atoms. The molecule has 1 aromatic heterocycles. The summed E-state index contributed by atoms with van der Waals surface area (Å²) in [5.74, 6) is 1.06. The first-order chi connectivity index (χ1) is 9.76. The van der Waals surface area contributed by atoms with Crippen LogP contribution >= 0.6 is 0 Å². The Kier molecular flexibility index (Phi) is 3.14. The molecule has 102 valence electrons. The molecule has 1 heterocycles. The number of hydrogen-bond donors (Lipinski definition) is 0. The number of ether oxygens (including phenoxy) is 1. The van der Waals surface area contributed by atoms with Crippen LogP contribution in [0.1, 0.15) is 6.92 Å². The monoisotopic (exact) mass is 270 g/mol. The maximum absolute atomic E-state index is 14.0. The third kappa shape index (κ3) is 1.84. The van der Waals surface area contributed by atoms with E-state index in [0.29, 0.717) is 23.7 Å². The molecule has 20 heavy (non-hydrogen) atoms. The van der Waals surface area contributed by atoms with E-state index in [-0.39, 0.29) is 5.82 Å². The van der Waals surface area contributed by atoms with Crippen LogP contribution in [0.2, 0.25) is 0 Å². The molecule has 3 rings (SSSR count). The minimum Gasteiger partial charge on any atom is -0.494 e. The molecule has 0 unspecified atom stereocenters. The molecule has 0 fully saturated rings. The molecule has 2 aromatic carbocycles. The summed E-state index contributed by atoms with van der Waals surface area (Å²) in [5.41, 5.74) is 2.22. The van der Waals surface area contributed by atoms with E-state index in [1.807, 2.05) is 35.8 Å². The first-order valence-electron chi connectivity index (χ1n) is 6.54. The molecule has 0 N–H and O–H groups in total. The van der Waals surface area contributed by atoms with Crippen LogP contribution in [0.25, 0.3) is 22.4 Å². The van der Waals surface area contributed by atoms with E-state index in [2.05, 4.69) is 4.98 Å². The number of rotatable bonds is 3. The van der Waals surface area contributed by atoms with Crippen molar-refractivity contribution >= 4 is 11.0 Å². The number of para-hydroxylation sites is 1. The number of benzene rings is 2. The summed E-state index contributed by atoms with van der Waals surface area (Å²) in [6.07, 6.45) is 0. The zero-order valence-electron chi connectivity index (χ0n) is 11.4. The van der Waals surface area contributed by atoms with Crippen molar-refractivity contribution in [3.63, 3.8) is 0 Å². The highest BCUT2D eigenvalue weighted by Gasteiger charge is 2.16. The van der Waals surface area contributed by atoms with Gasteiger partial charge in [0.25, 0.3) is 0 Å². The van der Waals surface area contributed by atoms with Gasteiger partial charge in [0.15, 0.2) is 0 Å². The summed E-state index contributed by atoms with van der Waals surface area (Å²) < 4.78 is 21.4. The minimum atomic E-state index is -0.267. The maximum Gasteiger partial charge on any atom is 0.146 e. The standard InChI is InChI=1S/C16H15FN2O/c1-3-19-13-9-6-10-14(20-2)15(13)18-16(19)11-7-4-5-8-12(11)17/h4-10H,3H2,1-2H3. The van der Waals surface area contributed by atoms with Gasteiger partial charge in [-0.2, -0.15) is 0 Å². The van der Waals surface area contributed by atoms with E-state index in [0.717, 1.165) is 11.0 Å². The molecule has 0 saturated heterocycles. The Morgan fingerprint density at radius 2 is 1.95 bits per heavy atom. The average molecular weight is 270 g/mol. The second kappa shape index (κ2) is 4.96. The van der Waals surface area contributed by atoms with Gasteiger partial charge in [-0.3, -0.25) is 0 Å². The predicted molar refractivity (Wildman–Crippen MR) is 77.4 cm³/mol. The zero-order chi connectivity index (χ0) is 14.1. The Labute approximate surface area is 116 Å². The number of nitrogens with zero attached hydrogens (tertiary/aromatic N) is 2. The van der Waals surface area contributed by atoms with Crippen molar-refractivity contribution in [3.05, 3.63) is 48.3 Å². The number of aryl methyl sites for hydroxylation is 1. The minimum absolute atomic E-state index is 0.267. The maximum atomic E-state index is 14.0. The summed E-state index contributed by atoms with van der Waals surface area (Å²) in [6.45, 7) is 2.73. The molecular weight excluding hydrogens is 255 g/mol. The van der Waals surface area contributed by atoms with Crippen LogP contribution in [-0.2, 0) is 6.54 Å². The molecule has 0 atom stereocenters. The van der Waals surface area contributed by atoms with Gasteiger partial charge in [0.1, 0.15) is 22.9 Å². The number of methoxy groups -OCH3 is 1. The van der Waals surface area contributed by atoms with E-state index in [9.17, 15) is 4.39 Å². The molecule has 0 aliphatic carbocycles. The van der Waals surface area contributed by atoms with Gasteiger partial charge in [-0.25, -0.2) is 9.37 Å². The van der Waals surface area contributed by atoms with E-state index in [4.69, 9.17) is 4.74 Å². The average Bonchev–Trinajstić information content (AvgIpc) is 2.85. The smallest absolute Gasteiger partial charge is 0.146 e. The highest BCUT2D eigenvalue weighted by atomic mass is 19.1. The van der Waals surface area contributed by atoms with Gasteiger partial charge in [-0.1, -0.05) is 18.2 Å². The summed E-state index contributed by atoms with van der Waals surface area (Å²) in [7, 11) is 1.61. The van der Waals surface area contributed by atoms with Gasteiger partial charge < -0.3 is 9.30 Å². The van der Waals surface area contributed by atoms with Gasteiger partial charge in [-0.05, 0) is 31.2 Å². The Morgan fingerprint density at radius 3 is 2.65 bits per heavy atom. The molecule has 3 nitrogen and oxygen atoms in total. The summed E-state index contributed by atoms with van der Waals surface area (Å²) in [4.78, 5) is 4.58. The van der Waals surface area contributed by atoms with Crippen LogP contribution in [0.15, 0.2) is 42.5 Å². The van der Waals surface area contributed by atoms with E-state index < -0.39 is 0 Å². The third-order valence-corrected chi connectivity index (χ3v) is 3.39. The molecular formula is C16H15FN2O. The molecule has 0 aliphatic rings. The second-order valence-electron chi connectivity index (χ2n) is 4.49. The van der Waals surface area contributed by atoms with Crippen LogP contribution in [0.4, 0.5) is 4.39 Å². The summed E-state index contributed by atoms with van der Waals surface area (Å²) >= 11 is 0. The SMILES string of the molecule is CCn1c(-c2ccccc2F)nc2c(OC)cccc21. The molecule has 0 amide bonds. The highest BCUT2D eigenvalue weighted by molar-refractivity contribution is 5.86. The predicted octanol–water partition coefficient (Wildman–Crippen LogP) is 3.87. The summed E-state index contributed by atoms with van der Waals surface area (Å²) in [6, 6.07) is 12.4. The number of imidazole rings is 1. The lowest BCUT2D eigenvalue weighted by atomic mass is 10.2. The molecule has 4 heteroatoms. The van der Waals surface area contributed by atoms with Crippen molar-refractivity contribution in [1.82, 2.24) is 9.55 Å². The second-order valence-corrected chi connectivity index (χ2v) is 4.49. The van der Waals surface area contributed by atoms with Crippen molar-refractivity contribution in [3.8, 4) is 17.1 Å². The van der Waals surface area contributed by atoms with E-state index >= 15 is 0 Å². The van der Waals surface area contributed by atoms with Crippen LogP contribution < -0.4 is 4.74 Å². The largest absolute Gasteiger partial charge is 0.494 e. The van der Waals surface area contributed by atoms with Gasteiger partial charge in [0, 0.05) is 6.54 Å². The first-order valence-corrected chi connectivity index (χ1v) is 6.54. The lowest BCUT2D eigenvalue weighted by molar-refractivity contribution is 0.419. The fourth-order valence-electron chi connectivity index (χ4n) is 2.45. The first kappa shape index (κ1) is 12.7. The van der Waals surface area contributed by atoms with Crippen LogP contribution in [0, 0.1) is 5.82 Å². The quantitative estimate of drug-likeness (QED) is 0.722. The fourth-order valence-corrected chi connectivity index (χ4v) is 2.45. The van der Waals surface area contributed by atoms with Crippen molar-refractivity contribution in [2.45, 2.75) is 13.5 Å². The van der Waals surface area contributed by atoms with Gasteiger partial charge in [0.2, 0.25) is 0 Å². The summed E-state index contributed by atoms with van der Waals surface area (Å²) in [5, 5.41) is 0. The zero-order valence-corrected chi connectivity index (χ0v) is 11.4. The number of aromatic nitrogens is 2. The number of fused-ring (bicyclic) bond motifs is 1. The fraction of sp³-hybridized carbons (Fsp3) is 0.188. The van der Waals surface area contributed by atoms with Crippen molar-refractivity contribution in [1.29, 1.82) is 0 Å².